The molecule has 0 rings (SSSR count). The Kier molecular flexibility index (Phi) is 5.23. The van der Waals surface area contributed by atoms with Gasteiger partial charge in [0.1, 0.15) is 0 Å². The monoisotopic (exact) mass is 302 g/mol. The third kappa shape index (κ3) is 3.57. The van der Waals surface area contributed by atoms with E-state index in [1.54, 1.807) is 0 Å². The molecule has 0 aliphatic carbocycles. The molecule has 0 atom stereocenters. The minimum absolute atomic E-state index is 0.661. The highest BCUT2D eigenvalue weighted by Crippen LogP contribution is 2.45. The summed E-state index contributed by atoms with van der Waals surface area (Å²) in [4.78, 5) is 0. The van der Waals surface area contributed by atoms with E-state index in [4.69, 9.17) is 0 Å². The predicted octanol–water partition coefficient (Wildman–Crippen LogP) is 3.50. The summed E-state index contributed by atoms with van der Waals surface area (Å²) < 4.78 is 97.5. The molecule has 0 aromatic rings. The second kappa shape index (κ2) is 5.33. The molecule has 0 fully saturated rings. The second-order valence-electron chi connectivity index (χ2n) is 3.75. The maximum absolute atomic E-state index is 13.5. The van der Waals surface area contributed by atoms with Crippen LogP contribution in [-0.2, 0) is 8.85 Å². The van der Waals surface area contributed by atoms with Crippen LogP contribution >= 0.6 is 0 Å². The van der Waals surface area contributed by atoms with Crippen molar-refractivity contribution in [2.24, 2.45) is 0 Å². The molecule has 0 aromatic carbocycles. The number of hydrogen-bond donors (Lipinski definition) is 0. The summed E-state index contributed by atoms with van der Waals surface area (Å²) >= 11 is 0. The Bertz CT molecular complexity index is 275. The lowest BCUT2D eigenvalue weighted by Gasteiger charge is -2.36. The fraction of sp³-hybridized carbons (Fsp3) is 1.00. The molecule has 0 aliphatic heterocycles. The van der Waals surface area contributed by atoms with Gasteiger partial charge in [0.2, 0.25) is 0 Å². The predicted molar refractivity (Wildman–Crippen MR) is 50.8 cm³/mol. The number of alkyl halides is 7. The summed E-state index contributed by atoms with van der Waals surface area (Å²) in [5.74, 6) is -4.85. The van der Waals surface area contributed by atoms with Crippen molar-refractivity contribution in [3.8, 4) is 0 Å². The molecule has 0 amide bonds. The van der Waals surface area contributed by atoms with Gasteiger partial charge in [-0.2, -0.15) is 22.0 Å². The second-order valence-corrected chi connectivity index (χ2v) is 7.08. The smallest absolute Gasteiger partial charge is 0.394 e. The van der Waals surface area contributed by atoms with Crippen LogP contribution in [-0.4, -0.2) is 40.4 Å². The highest BCUT2D eigenvalue weighted by Gasteiger charge is 2.71. The number of halogens is 7. The van der Waals surface area contributed by atoms with Gasteiger partial charge in [-0.1, -0.05) is 0 Å². The van der Waals surface area contributed by atoms with Crippen molar-refractivity contribution in [2.75, 3.05) is 14.2 Å². The number of rotatable bonds is 6. The van der Waals surface area contributed by atoms with Crippen molar-refractivity contribution in [2.45, 2.75) is 37.0 Å². The molecular weight excluding hydrogens is 289 g/mol. The highest BCUT2D eigenvalue weighted by molar-refractivity contribution is 6.68. The Morgan fingerprint density at radius 3 is 1.50 bits per heavy atom. The highest BCUT2D eigenvalue weighted by atomic mass is 28.4. The van der Waals surface area contributed by atoms with Crippen LogP contribution < -0.4 is 0 Å². The first kappa shape index (κ1) is 17.6. The van der Waals surface area contributed by atoms with Crippen LogP contribution in [0.3, 0.4) is 0 Å². The lowest BCUT2D eigenvalue weighted by molar-refractivity contribution is -0.206. The average molecular weight is 302 g/mol. The zero-order valence-corrected chi connectivity index (χ0v) is 10.9. The quantitative estimate of drug-likeness (QED) is 0.552. The van der Waals surface area contributed by atoms with Gasteiger partial charge < -0.3 is 8.85 Å². The first-order chi connectivity index (χ1) is 7.83. The molecule has 0 radical (unpaired) electrons. The van der Waals surface area contributed by atoms with Gasteiger partial charge in [-0.25, -0.2) is 8.78 Å². The van der Waals surface area contributed by atoms with Crippen molar-refractivity contribution >= 4 is 8.56 Å². The molecule has 0 N–H and O–H groups in total. The molecule has 0 aliphatic rings. The Balaban J connectivity index is 5.07. The van der Waals surface area contributed by atoms with Crippen molar-refractivity contribution < 1.29 is 39.6 Å². The molecular formula is C8H13F7O2Si. The lowest BCUT2D eigenvalue weighted by Crippen LogP contribution is -2.63. The molecule has 0 heterocycles. The molecule has 110 valence electrons. The van der Waals surface area contributed by atoms with Crippen LogP contribution in [0.2, 0.25) is 6.55 Å². The van der Waals surface area contributed by atoms with Crippen LogP contribution in [0.1, 0.15) is 12.8 Å². The SMILES string of the molecule is CO[Si](C)(OC)C(F)(F)C(F)(F)CCC(F)(F)F. The van der Waals surface area contributed by atoms with Gasteiger partial charge in [-0.05, 0) is 6.55 Å². The zero-order valence-electron chi connectivity index (χ0n) is 9.88. The van der Waals surface area contributed by atoms with Gasteiger partial charge in [-0.3, -0.25) is 0 Å². The van der Waals surface area contributed by atoms with E-state index in [2.05, 4.69) is 8.85 Å². The number of hydrogen-bond acceptors (Lipinski definition) is 2. The fourth-order valence-corrected chi connectivity index (χ4v) is 2.60. The Morgan fingerprint density at radius 2 is 1.22 bits per heavy atom. The molecule has 0 saturated heterocycles. The van der Waals surface area contributed by atoms with E-state index in [0.29, 0.717) is 6.55 Å². The minimum atomic E-state index is -4.93. The Hall–Kier alpha value is -0.353. The van der Waals surface area contributed by atoms with Crippen LogP contribution in [0.5, 0.6) is 0 Å². The molecule has 18 heavy (non-hydrogen) atoms. The van der Waals surface area contributed by atoms with Crippen molar-refractivity contribution in [1.29, 1.82) is 0 Å². The van der Waals surface area contributed by atoms with Crippen molar-refractivity contribution in [1.82, 2.24) is 0 Å². The van der Waals surface area contributed by atoms with Crippen LogP contribution in [0.25, 0.3) is 0 Å². The van der Waals surface area contributed by atoms with Gasteiger partial charge in [0.05, 0.1) is 0 Å². The van der Waals surface area contributed by atoms with E-state index in [1.165, 1.54) is 0 Å². The molecule has 2 nitrogen and oxygen atoms in total. The third-order valence-electron chi connectivity index (χ3n) is 2.53. The van der Waals surface area contributed by atoms with Crippen LogP contribution in [0, 0.1) is 0 Å². The van der Waals surface area contributed by atoms with E-state index < -0.39 is 39.0 Å². The summed E-state index contributed by atoms with van der Waals surface area (Å²) in [6.07, 6.45) is -8.95. The van der Waals surface area contributed by atoms with Gasteiger partial charge in [0.15, 0.2) is 0 Å². The molecule has 0 spiro atoms. The molecule has 0 aromatic heterocycles. The topological polar surface area (TPSA) is 18.5 Å². The normalized spacial score (nSPS) is 15.0. The van der Waals surface area contributed by atoms with E-state index in [1.807, 2.05) is 0 Å². The zero-order chi connectivity index (χ0) is 14.8. The molecule has 0 bridgehead atoms. The molecule has 0 saturated carbocycles. The first-order valence-corrected chi connectivity index (χ1v) is 7.07. The standard InChI is InChI=1S/C8H13F7O2Si/c1-16-18(3,17-2)8(14,15)6(9,10)4-5-7(11,12)13/h4-5H2,1-3H3. The van der Waals surface area contributed by atoms with Crippen molar-refractivity contribution in [3.05, 3.63) is 0 Å². The van der Waals surface area contributed by atoms with E-state index in [9.17, 15) is 30.7 Å². The van der Waals surface area contributed by atoms with Gasteiger partial charge in [0.25, 0.3) is 0 Å². The Labute approximate surface area is 100 Å². The van der Waals surface area contributed by atoms with E-state index >= 15 is 0 Å². The van der Waals surface area contributed by atoms with Crippen molar-refractivity contribution in [3.63, 3.8) is 0 Å². The largest absolute Gasteiger partial charge is 0.418 e. The lowest BCUT2D eigenvalue weighted by atomic mass is 10.2. The fourth-order valence-electron chi connectivity index (χ4n) is 1.13. The van der Waals surface area contributed by atoms with E-state index in [-0.39, 0.29) is 0 Å². The average Bonchev–Trinajstić information content (AvgIpc) is 2.24. The van der Waals surface area contributed by atoms with Crippen LogP contribution in [0.15, 0.2) is 0 Å². The Morgan fingerprint density at radius 1 is 0.833 bits per heavy atom. The summed E-state index contributed by atoms with van der Waals surface area (Å²) in [6, 6.07) is 0. The maximum atomic E-state index is 13.5. The third-order valence-corrected chi connectivity index (χ3v) is 5.60. The molecule has 10 heteroatoms. The summed E-state index contributed by atoms with van der Waals surface area (Å²) in [5, 5.41) is 0. The molecule has 0 unspecified atom stereocenters. The minimum Gasteiger partial charge on any atom is -0.394 e. The van der Waals surface area contributed by atoms with Crippen LogP contribution in [0.4, 0.5) is 30.7 Å². The van der Waals surface area contributed by atoms with Gasteiger partial charge >= 0.3 is 26.2 Å². The summed E-state index contributed by atoms with van der Waals surface area (Å²) in [7, 11) is -3.10. The first-order valence-electron chi connectivity index (χ1n) is 4.75. The maximum Gasteiger partial charge on any atom is 0.418 e. The van der Waals surface area contributed by atoms with Gasteiger partial charge in [-0.15, -0.1) is 0 Å². The summed E-state index contributed by atoms with van der Waals surface area (Å²) in [5.41, 5.74) is -4.77. The van der Waals surface area contributed by atoms with Gasteiger partial charge in [0, 0.05) is 27.1 Å². The van der Waals surface area contributed by atoms with E-state index in [0.717, 1.165) is 14.2 Å². The summed E-state index contributed by atoms with van der Waals surface area (Å²) in [6.45, 7) is 0.661.